The van der Waals surface area contributed by atoms with Crippen molar-refractivity contribution in [1.82, 2.24) is 19.9 Å². The molecule has 8 nitrogen and oxygen atoms in total. The smallest absolute Gasteiger partial charge is 0.229 e. The van der Waals surface area contributed by atoms with E-state index in [1.165, 1.54) is 0 Å². The van der Waals surface area contributed by atoms with Gasteiger partial charge in [0.15, 0.2) is 5.65 Å². The van der Waals surface area contributed by atoms with Crippen LogP contribution >= 0.6 is 0 Å². The van der Waals surface area contributed by atoms with E-state index in [2.05, 4.69) is 34.7 Å². The van der Waals surface area contributed by atoms with E-state index >= 15 is 0 Å². The molecule has 2 saturated heterocycles. The molecule has 3 aromatic rings. The van der Waals surface area contributed by atoms with Crippen LogP contribution in [0.4, 0.5) is 11.8 Å². The fourth-order valence-electron chi connectivity index (χ4n) is 4.07. The van der Waals surface area contributed by atoms with Crippen molar-refractivity contribution in [1.29, 1.82) is 0 Å². The van der Waals surface area contributed by atoms with E-state index in [4.69, 9.17) is 24.4 Å². The molecule has 0 spiro atoms. The van der Waals surface area contributed by atoms with Crippen molar-refractivity contribution < 1.29 is 9.47 Å². The molecular weight excluding hydrogens is 380 g/mol. The van der Waals surface area contributed by atoms with Crippen LogP contribution < -0.4 is 9.80 Å². The molecule has 0 saturated carbocycles. The first-order valence-electron chi connectivity index (χ1n) is 10.5. The summed E-state index contributed by atoms with van der Waals surface area (Å²) in [6.07, 6.45) is 3.59. The molecule has 5 rings (SSSR count). The van der Waals surface area contributed by atoms with Gasteiger partial charge in [0.1, 0.15) is 5.82 Å². The Morgan fingerprint density at radius 2 is 1.67 bits per heavy atom. The molecule has 0 aromatic carbocycles. The first-order chi connectivity index (χ1) is 14.7. The van der Waals surface area contributed by atoms with Crippen molar-refractivity contribution in [2.24, 2.45) is 0 Å². The van der Waals surface area contributed by atoms with Crippen molar-refractivity contribution in [2.45, 2.75) is 25.9 Å². The van der Waals surface area contributed by atoms with Crippen molar-refractivity contribution in [3.63, 3.8) is 0 Å². The second kappa shape index (κ2) is 8.12. The predicted molar refractivity (Wildman–Crippen MR) is 116 cm³/mol. The molecule has 2 aliphatic rings. The summed E-state index contributed by atoms with van der Waals surface area (Å²) < 4.78 is 11.3. The van der Waals surface area contributed by atoms with Crippen LogP contribution in [0, 0.1) is 0 Å². The van der Waals surface area contributed by atoms with E-state index in [1.54, 1.807) is 6.20 Å². The summed E-state index contributed by atoms with van der Waals surface area (Å²) in [7, 11) is 0. The van der Waals surface area contributed by atoms with Gasteiger partial charge in [-0.2, -0.15) is 9.97 Å². The molecule has 2 unspecified atom stereocenters. The third kappa shape index (κ3) is 3.57. The molecule has 0 radical (unpaired) electrons. The number of rotatable bonds is 3. The highest BCUT2D eigenvalue weighted by atomic mass is 16.5. The lowest BCUT2D eigenvalue weighted by Crippen LogP contribution is -2.46. The predicted octanol–water partition coefficient (Wildman–Crippen LogP) is 2.54. The average Bonchev–Trinajstić information content (AvgIpc) is 2.79. The fraction of sp³-hybridized carbons (Fsp3) is 0.455. The van der Waals surface area contributed by atoms with E-state index in [0.29, 0.717) is 38.0 Å². The molecule has 156 valence electrons. The number of morpholine rings is 2. The van der Waals surface area contributed by atoms with E-state index in [9.17, 15) is 0 Å². The fourth-order valence-corrected chi connectivity index (χ4v) is 4.07. The van der Waals surface area contributed by atoms with Crippen LogP contribution in [-0.2, 0) is 9.47 Å². The van der Waals surface area contributed by atoms with Gasteiger partial charge in [0.2, 0.25) is 5.95 Å². The van der Waals surface area contributed by atoms with Crippen molar-refractivity contribution in [3.8, 4) is 11.3 Å². The van der Waals surface area contributed by atoms with Crippen LogP contribution in [0.25, 0.3) is 22.3 Å². The largest absolute Gasteiger partial charge is 0.377 e. The first-order valence-corrected chi connectivity index (χ1v) is 10.5. The Balaban J connectivity index is 1.66. The van der Waals surface area contributed by atoms with Crippen LogP contribution in [0.3, 0.4) is 0 Å². The average molecular weight is 406 g/mol. The molecule has 0 N–H and O–H groups in total. The standard InChI is InChI=1S/C22H26N6O2/c1-15-13-29-10-8-27(15)21-18-5-6-19(17-4-3-7-23-12-17)24-20(18)25-22(26-21)28-9-11-30-14-16(28)2/h3-7,12,15-16H,8-11,13-14H2,1-2H3. The lowest BCUT2D eigenvalue weighted by Gasteiger charge is -2.37. The van der Waals surface area contributed by atoms with Crippen molar-refractivity contribution in [3.05, 3.63) is 36.7 Å². The van der Waals surface area contributed by atoms with Crippen LogP contribution in [0.5, 0.6) is 0 Å². The van der Waals surface area contributed by atoms with E-state index in [1.807, 2.05) is 24.4 Å². The van der Waals surface area contributed by atoms with Crippen molar-refractivity contribution >= 4 is 22.8 Å². The van der Waals surface area contributed by atoms with Gasteiger partial charge >= 0.3 is 0 Å². The van der Waals surface area contributed by atoms with Gasteiger partial charge in [0, 0.05) is 31.0 Å². The van der Waals surface area contributed by atoms with Gasteiger partial charge in [0.25, 0.3) is 0 Å². The SMILES string of the molecule is CC1COCCN1c1nc(N2CCOCC2C)c2ccc(-c3cccnc3)nc2n1. The molecule has 2 aliphatic heterocycles. The van der Waals surface area contributed by atoms with Gasteiger partial charge in [-0.05, 0) is 38.1 Å². The minimum atomic E-state index is 0.215. The van der Waals surface area contributed by atoms with Gasteiger partial charge in [-0.25, -0.2) is 4.98 Å². The highest BCUT2D eigenvalue weighted by Crippen LogP contribution is 2.31. The number of anilines is 2. The summed E-state index contributed by atoms with van der Waals surface area (Å²) in [6.45, 7) is 8.62. The second-order valence-corrected chi connectivity index (χ2v) is 7.89. The van der Waals surface area contributed by atoms with Crippen LogP contribution in [0.2, 0.25) is 0 Å². The molecular formula is C22H26N6O2. The van der Waals surface area contributed by atoms with Crippen LogP contribution in [0.1, 0.15) is 13.8 Å². The summed E-state index contributed by atoms with van der Waals surface area (Å²) in [4.78, 5) is 23.6. The lowest BCUT2D eigenvalue weighted by atomic mass is 10.1. The van der Waals surface area contributed by atoms with Gasteiger partial charge in [-0.3, -0.25) is 4.98 Å². The molecule has 30 heavy (non-hydrogen) atoms. The zero-order chi connectivity index (χ0) is 20.5. The number of aromatic nitrogens is 4. The van der Waals surface area contributed by atoms with E-state index < -0.39 is 0 Å². The Kier molecular flexibility index (Phi) is 5.18. The first kappa shape index (κ1) is 19.1. The van der Waals surface area contributed by atoms with Gasteiger partial charge in [-0.1, -0.05) is 0 Å². The Morgan fingerprint density at radius 1 is 0.900 bits per heavy atom. The quantitative estimate of drug-likeness (QED) is 0.657. The van der Waals surface area contributed by atoms with Crippen LogP contribution in [-0.4, -0.2) is 71.5 Å². The summed E-state index contributed by atoms with van der Waals surface area (Å²) >= 11 is 0. The third-order valence-corrected chi connectivity index (χ3v) is 5.75. The van der Waals surface area contributed by atoms with E-state index in [-0.39, 0.29) is 12.1 Å². The highest BCUT2D eigenvalue weighted by Gasteiger charge is 2.27. The summed E-state index contributed by atoms with van der Waals surface area (Å²) in [5, 5.41) is 0.959. The Hall–Kier alpha value is -2.84. The molecule has 2 fully saturated rings. The zero-order valence-electron chi connectivity index (χ0n) is 17.4. The Bertz CT molecular complexity index is 1030. The lowest BCUT2D eigenvalue weighted by molar-refractivity contribution is 0.0973. The minimum Gasteiger partial charge on any atom is -0.377 e. The van der Waals surface area contributed by atoms with E-state index in [0.717, 1.165) is 35.6 Å². The third-order valence-electron chi connectivity index (χ3n) is 5.75. The number of hydrogen-bond acceptors (Lipinski definition) is 8. The molecule has 0 aliphatic carbocycles. The van der Waals surface area contributed by atoms with Gasteiger partial charge in [0.05, 0.1) is 49.6 Å². The number of nitrogens with zero attached hydrogens (tertiary/aromatic N) is 6. The molecule has 0 amide bonds. The maximum atomic E-state index is 5.65. The summed E-state index contributed by atoms with van der Waals surface area (Å²) in [6, 6.07) is 8.49. The topological polar surface area (TPSA) is 76.5 Å². The van der Waals surface area contributed by atoms with Gasteiger partial charge in [-0.15, -0.1) is 0 Å². The minimum absolute atomic E-state index is 0.215. The monoisotopic (exact) mass is 406 g/mol. The summed E-state index contributed by atoms with van der Waals surface area (Å²) in [5.74, 6) is 1.64. The number of fused-ring (bicyclic) bond motifs is 1. The highest BCUT2D eigenvalue weighted by molar-refractivity contribution is 5.90. The Labute approximate surface area is 175 Å². The number of ether oxygens (including phenoxy) is 2. The molecule has 5 heterocycles. The summed E-state index contributed by atoms with van der Waals surface area (Å²) in [5.41, 5.74) is 2.53. The zero-order valence-corrected chi connectivity index (χ0v) is 17.4. The number of hydrogen-bond donors (Lipinski definition) is 0. The van der Waals surface area contributed by atoms with Gasteiger partial charge < -0.3 is 19.3 Å². The maximum absolute atomic E-state index is 5.65. The molecule has 0 bridgehead atoms. The normalized spacial score (nSPS) is 22.5. The Morgan fingerprint density at radius 3 is 2.37 bits per heavy atom. The van der Waals surface area contributed by atoms with Crippen LogP contribution in [0.15, 0.2) is 36.7 Å². The molecule has 8 heteroatoms. The second-order valence-electron chi connectivity index (χ2n) is 7.89. The number of pyridine rings is 2. The molecule has 2 atom stereocenters. The molecule has 3 aromatic heterocycles. The maximum Gasteiger partial charge on any atom is 0.229 e. The van der Waals surface area contributed by atoms with Crippen molar-refractivity contribution in [2.75, 3.05) is 49.3 Å².